The monoisotopic (exact) mass is 304 g/mol. The Balaban J connectivity index is 1.82. The second-order valence-corrected chi connectivity index (χ2v) is 5.29. The summed E-state index contributed by atoms with van der Waals surface area (Å²) in [6, 6.07) is 9.41. The van der Waals surface area contributed by atoms with E-state index in [1.165, 1.54) is 0 Å². The van der Waals surface area contributed by atoms with Gasteiger partial charge in [-0.15, -0.1) is 0 Å². The number of rotatable bonds is 6. The van der Waals surface area contributed by atoms with E-state index < -0.39 is 0 Å². The second-order valence-electron chi connectivity index (χ2n) is 5.29. The van der Waals surface area contributed by atoms with Gasteiger partial charge in [-0.2, -0.15) is 5.48 Å². The van der Waals surface area contributed by atoms with Crippen molar-refractivity contribution >= 4 is 17.8 Å². The van der Waals surface area contributed by atoms with Crippen molar-refractivity contribution in [1.29, 1.82) is 0 Å². The topological polar surface area (TPSA) is 84.5 Å². The van der Waals surface area contributed by atoms with Crippen molar-refractivity contribution in [3.05, 3.63) is 35.9 Å². The van der Waals surface area contributed by atoms with Gasteiger partial charge >= 0.3 is 5.97 Å². The summed E-state index contributed by atoms with van der Waals surface area (Å²) >= 11 is 0. The zero-order valence-electron chi connectivity index (χ0n) is 12.5. The molecule has 2 N–H and O–H groups in total. The Morgan fingerprint density at radius 2 is 2.09 bits per heavy atom. The maximum Gasteiger partial charge on any atom is 0.332 e. The van der Waals surface area contributed by atoms with Crippen LogP contribution in [0.15, 0.2) is 30.3 Å². The molecule has 118 valence electrons. The predicted molar refractivity (Wildman–Crippen MR) is 79.4 cm³/mol. The van der Waals surface area contributed by atoms with Crippen LogP contribution in [0.4, 0.5) is 0 Å². The van der Waals surface area contributed by atoms with Gasteiger partial charge in [0.05, 0.1) is 11.8 Å². The van der Waals surface area contributed by atoms with E-state index in [-0.39, 0.29) is 36.2 Å². The predicted octanol–water partition coefficient (Wildman–Crippen LogP) is 1.28. The van der Waals surface area contributed by atoms with Crippen LogP contribution >= 0.6 is 0 Å². The Morgan fingerprint density at radius 1 is 1.36 bits per heavy atom. The summed E-state index contributed by atoms with van der Waals surface area (Å²) in [5.74, 6) is -1.65. The number of carbonyl (C=O) groups is 3. The molecule has 0 aliphatic carbocycles. The van der Waals surface area contributed by atoms with Crippen molar-refractivity contribution in [2.24, 2.45) is 5.92 Å². The van der Waals surface area contributed by atoms with Crippen LogP contribution in [-0.4, -0.2) is 24.3 Å². The fourth-order valence-corrected chi connectivity index (χ4v) is 2.44. The highest BCUT2D eigenvalue weighted by molar-refractivity contribution is 5.98. The van der Waals surface area contributed by atoms with Crippen LogP contribution in [0.5, 0.6) is 0 Å². The number of nitrogens with one attached hydrogen (secondary N) is 2. The van der Waals surface area contributed by atoms with Crippen molar-refractivity contribution in [3.63, 3.8) is 0 Å². The van der Waals surface area contributed by atoms with Crippen LogP contribution in [0.1, 0.15) is 37.7 Å². The molecule has 2 unspecified atom stereocenters. The number of hydrogen-bond acceptors (Lipinski definition) is 5. The van der Waals surface area contributed by atoms with E-state index in [4.69, 9.17) is 4.84 Å². The molecule has 6 heteroatoms. The Hall–Kier alpha value is -2.21. The Bertz CT molecular complexity index is 544. The fourth-order valence-electron chi connectivity index (χ4n) is 2.44. The number of imide groups is 1. The van der Waals surface area contributed by atoms with Gasteiger partial charge in [-0.3, -0.25) is 14.9 Å². The van der Waals surface area contributed by atoms with E-state index in [9.17, 15) is 14.4 Å². The van der Waals surface area contributed by atoms with Gasteiger partial charge in [0, 0.05) is 13.0 Å². The summed E-state index contributed by atoms with van der Waals surface area (Å²) in [5.41, 5.74) is 3.46. The first-order chi connectivity index (χ1) is 10.6. The number of hydrogen-bond donors (Lipinski definition) is 2. The number of piperidine rings is 1. The van der Waals surface area contributed by atoms with E-state index in [0.717, 1.165) is 5.56 Å². The van der Waals surface area contributed by atoms with Gasteiger partial charge in [0.1, 0.15) is 0 Å². The molecule has 0 bridgehead atoms. The van der Waals surface area contributed by atoms with Crippen molar-refractivity contribution in [3.8, 4) is 0 Å². The van der Waals surface area contributed by atoms with Crippen LogP contribution in [0, 0.1) is 5.92 Å². The highest BCUT2D eigenvalue weighted by atomic mass is 16.7. The van der Waals surface area contributed by atoms with Gasteiger partial charge in [-0.05, 0) is 18.4 Å². The standard InChI is InChI=1S/C16H20N2O4/c1-2-13(11-6-4-3-5-7-11)16(21)22-17-10-12-8-9-14(19)18-15(12)20/h3-7,12-13,17H,2,8-10H2,1H3,(H,18,19,20). The first kappa shape index (κ1) is 16.2. The molecule has 1 aliphatic rings. The number of benzene rings is 1. The lowest BCUT2D eigenvalue weighted by Crippen LogP contribution is -2.44. The van der Waals surface area contributed by atoms with Gasteiger partial charge in [0.15, 0.2) is 0 Å². The van der Waals surface area contributed by atoms with Gasteiger partial charge in [0.25, 0.3) is 0 Å². The molecule has 1 saturated heterocycles. The van der Waals surface area contributed by atoms with Gasteiger partial charge in [-0.25, -0.2) is 4.79 Å². The van der Waals surface area contributed by atoms with Gasteiger partial charge < -0.3 is 4.84 Å². The maximum atomic E-state index is 12.1. The largest absolute Gasteiger partial charge is 0.370 e. The Kier molecular flexibility index (Phi) is 5.66. The number of amides is 2. The van der Waals surface area contributed by atoms with Gasteiger partial charge in [-0.1, -0.05) is 37.3 Å². The highest BCUT2D eigenvalue weighted by Gasteiger charge is 2.27. The lowest BCUT2D eigenvalue weighted by Gasteiger charge is -2.21. The molecule has 2 atom stereocenters. The van der Waals surface area contributed by atoms with Crippen molar-refractivity contribution in [1.82, 2.24) is 10.8 Å². The molecule has 1 aliphatic heterocycles. The molecule has 0 spiro atoms. The molecule has 2 rings (SSSR count). The molecular weight excluding hydrogens is 284 g/mol. The van der Waals surface area contributed by atoms with Crippen LogP contribution in [0.25, 0.3) is 0 Å². The molecule has 22 heavy (non-hydrogen) atoms. The zero-order valence-corrected chi connectivity index (χ0v) is 12.5. The minimum absolute atomic E-state index is 0.204. The first-order valence-electron chi connectivity index (χ1n) is 7.44. The van der Waals surface area contributed by atoms with E-state index in [1.807, 2.05) is 37.3 Å². The molecule has 6 nitrogen and oxygen atoms in total. The summed E-state index contributed by atoms with van der Waals surface area (Å²) < 4.78 is 0. The summed E-state index contributed by atoms with van der Waals surface area (Å²) in [6.07, 6.45) is 1.40. The third-order valence-corrected chi connectivity index (χ3v) is 3.75. The minimum Gasteiger partial charge on any atom is -0.370 e. The summed E-state index contributed by atoms with van der Waals surface area (Å²) in [5, 5.41) is 2.27. The molecule has 2 amide bonds. The van der Waals surface area contributed by atoms with E-state index in [1.54, 1.807) is 0 Å². The van der Waals surface area contributed by atoms with Crippen LogP contribution in [0.2, 0.25) is 0 Å². The molecule has 1 aromatic rings. The lowest BCUT2D eigenvalue weighted by atomic mass is 9.97. The average molecular weight is 304 g/mol. The third-order valence-electron chi connectivity index (χ3n) is 3.75. The summed E-state index contributed by atoms with van der Waals surface area (Å²) in [7, 11) is 0. The van der Waals surface area contributed by atoms with Gasteiger partial charge in [0.2, 0.25) is 11.8 Å². The molecule has 0 saturated carbocycles. The van der Waals surface area contributed by atoms with Crippen molar-refractivity contribution in [2.45, 2.75) is 32.1 Å². The zero-order chi connectivity index (χ0) is 15.9. The third kappa shape index (κ3) is 4.14. The molecular formula is C16H20N2O4. The molecule has 0 radical (unpaired) electrons. The van der Waals surface area contributed by atoms with E-state index in [0.29, 0.717) is 19.3 Å². The van der Waals surface area contributed by atoms with Crippen LogP contribution < -0.4 is 10.8 Å². The average Bonchev–Trinajstić information content (AvgIpc) is 2.51. The Labute approximate surface area is 129 Å². The van der Waals surface area contributed by atoms with Crippen LogP contribution in [-0.2, 0) is 19.2 Å². The van der Waals surface area contributed by atoms with Crippen molar-refractivity contribution in [2.75, 3.05) is 6.54 Å². The first-order valence-corrected chi connectivity index (χ1v) is 7.44. The fraction of sp³-hybridized carbons (Fsp3) is 0.438. The van der Waals surface area contributed by atoms with E-state index >= 15 is 0 Å². The van der Waals surface area contributed by atoms with Crippen molar-refractivity contribution < 1.29 is 19.2 Å². The lowest BCUT2D eigenvalue weighted by molar-refractivity contribution is -0.155. The maximum absolute atomic E-state index is 12.1. The summed E-state index contributed by atoms with van der Waals surface area (Å²) in [4.78, 5) is 39.8. The molecule has 1 heterocycles. The van der Waals surface area contributed by atoms with Crippen LogP contribution in [0.3, 0.4) is 0 Å². The minimum atomic E-state index is -0.374. The molecule has 1 aromatic carbocycles. The second kappa shape index (κ2) is 7.70. The SMILES string of the molecule is CCC(C(=O)ONCC1CCC(=O)NC1=O)c1ccccc1. The van der Waals surface area contributed by atoms with E-state index in [2.05, 4.69) is 10.8 Å². The quantitative estimate of drug-likeness (QED) is 0.611. The number of hydroxylamine groups is 1. The molecule has 1 fully saturated rings. The molecule has 0 aromatic heterocycles. The summed E-state index contributed by atoms with van der Waals surface area (Å²) in [6.45, 7) is 2.12. The highest BCUT2D eigenvalue weighted by Crippen LogP contribution is 2.20. The smallest absolute Gasteiger partial charge is 0.332 e. The Morgan fingerprint density at radius 3 is 2.73 bits per heavy atom. The number of carbonyl (C=O) groups excluding carboxylic acids is 3. The normalized spacial score (nSPS) is 19.4.